The van der Waals surface area contributed by atoms with Crippen LogP contribution in [0.4, 0.5) is 4.39 Å². The van der Waals surface area contributed by atoms with Crippen molar-refractivity contribution in [2.75, 3.05) is 20.2 Å². The Morgan fingerprint density at radius 1 is 1.24 bits per heavy atom. The Labute approximate surface area is 128 Å². The maximum atomic E-state index is 14.4. The molecule has 2 aromatic carbocycles. The van der Waals surface area contributed by atoms with Crippen molar-refractivity contribution in [2.45, 2.75) is 11.8 Å². The van der Waals surface area contributed by atoms with Gasteiger partial charge in [0.05, 0.1) is 7.11 Å². The lowest BCUT2D eigenvalue weighted by Crippen LogP contribution is -2.58. The lowest BCUT2D eigenvalue weighted by molar-refractivity contribution is 0.270. The standard InChI is InChI=1S/C17H17ClFNO/c1-21-15-7-2-4-12(16(15)19)9-17(10-20-11-17)13-5-3-6-14(18)8-13/h2-8,20H,9-11H2,1H3. The number of rotatable bonds is 4. The Morgan fingerprint density at radius 2 is 2.00 bits per heavy atom. The second kappa shape index (κ2) is 5.66. The van der Waals surface area contributed by atoms with Gasteiger partial charge in [0.25, 0.3) is 0 Å². The molecule has 0 atom stereocenters. The predicted octanol–water partition coefficient (Wildman–Crippen LogP) is 3.57. The maximum Gasteiger partial charge on any atom is 0.168 e. The number of halogens is 2. The van der Waals surface area contributed by atoms with E-state index in [2.05, 4.69) is 11.4 Å². The Morgan fingerprint density at radius 3 is 2.62 bits per heavy atom. The molecular weight excluding hydrogens is 289 g/mol. The minimum Gasteiger partial charge on any atom is -0.494 e. The van der Waals surface area contributed by atoms with Gasteiger partial charge in [0.2, 0.25) is 0 Å². The number of hydrogen-bond donors (Lipinski definition) is 1. The minimum atomic E-state index is -0.270. The molecule has 2 nitrogen and oxygen atoms in total. The average molecular weight is 306 g/mol. The summed E-state index contributed by atoms with van der Waals surface area (Å²) in [6, 6.07) is 13.1. The van der Waals surface area contributed by atoms with Crippen molar-refractivity contribution in [3.63, 3.8) is 0 Å². The molecule has 1 fully saturated rings. The monoisotopic (exact) mass is 305 g/mol. The third kappa shape index (κ3) is 2.63. The Kier molecular flexibility index (Phi) is 3.87. The highest BCUT2D eigenvalue weighted by Gasteiger charge is 2.39. The van der Waals surface area contributed by atoms with Crippen molar-refractivity contribution in [3.05, 3.63) is 64.4 Å². The third-order valence-electron chi connectivity index (χ3n) is 4.16. The zero-order valence-corrected chi connectivity index (χ0v) is 12.6. The van der Waals surface area contributed by atoms with Crippen LogP contribution in [-0.4, -0.2) is 20.2 Å². The summed E-state index contributed by atoms with van der Waals surface area (Å²) in [4.78, 5) is 0. The van der Waals surface area contributed by atoms with Crippen LogP contribution in [-0.2, 0) is 11.8 Å². The number of benzene rings is 2. The summed E-state index contributed by atoms with van der Waals surface area (Å²) in [6.45, 7) is 1.65. The molecular formula is C17H17ClFNO. The first-order valence-electron chi connectivity index (χ1n) is 6.93. The summed E-state index contributed by atoms with van der Waals surface area (Å²) < 4.78 is 19.5. The van der Waals surface area contributed by atoms with Gasteiger partial charge in [-0.05, 0) is 35.7 Å². The third-order valence-corrected chi connectivity index (χ3v) is 4.39. The van der Waals surface area contributed by atoms with Crippen molar-refractivity contribution in [1.82, 2.24) is 5.32 Å². The van der Waals surface area contributed by atoms with Gasteiger partial charge in [0.15, 0.2) is 11.6 Å². The molecule has 0 aromatic heterocycles. The van der Waals surface area contributed by atoms with Crippen molar-refractivity contribution in [1.29, 1.82) is 0 Å². The average Bonchev–Trinajstić information content (AvgIpc) is 2.44. The van der Waals surface area contributed by atoms with Crippen LogP contribution in [0.5, 0.6) is 5.75 Å². The van der Waals surface area contributed by atoms with Crippen molar-refractivity contribution >= 4 is 11.6 Å². The molecule has 0 radical (unpaired) electrons. The molecule has 1 saturated heterocycles. The quantitative estimate of drug-likeness (QED) is 0.932. The fraction of sp³-hybridized carbons (Fsp3) is 0.294. The zero-order valence-electron chi connectivity index (χ0n) is 11.8. The topological polar surface area (TPSA) is 21.3 Å². The highest BCUT2D eigenvalue weighted by molar-refractivity contribution is 6.30. The fourth-order valence-electron chi connectivity index (χ4n) is 2.89. The summed E-state index contributed by atoms with van der Waals surface area (Å²) in [5.41, 5.74) is 1.73. The van der Waals surface area contributed by atoms with E-state index in [0.717, 1.165) is 18.7 Å². The normalized spacial score (nSPS) is 16.3. The van der Waals surface area contributed by atoms with Gasteiger partial charge in [0, 0.05) is 23.5 Å². The summed E-state index contributed by atoms with van der Waals surface area (Å²) >= 11 is 6.10. The van der Waals surface area contributed by atoms with Gasteiger partial charge in [-0.25, -0.2) is 4.39 Å². The SMILES string of the molecule is COc1cccc(CC2(c3cccc(Cl)c3)CNC2)c1F. The summed E-state index contributed by atoms with van der Waals surface area (Å²) in [5, 5.41) is 4.00. The van der Waals surface area contributed by atoms with Gasteiger partial charge in [-0.2, -0.15) is 0 Å². The molecule has 3 rings (SSSR count). The molecule has 0 saturated carbocycles. The van der Waals surface area contributed by atoms with E-state index in [9.17, 15) is 4.39 Å². The molecule has 2 aromatic rings. The molecule has 0 amide bonds. The molecule has 0 aliphatic carbocycles. The fourth-order valence-corrected chi connectivity index (χ4v) is 3.08. The first kappa shape index (κ1) is 14.4. The minimum absolute atomic E-state index is 0.0991. The molecule has 4 heteroatoms. The summed E-state index contributed by atoms with van der Waals surface area (Å²) in [7, 11) is 1.49. The van der Waals surface area contributed by atoms with Crippen LogP contribution in [0.15, 0.2) is 42.5 Å². The lowest BCUT2D eigenvalue weighted by atomic mass is 9.71. The van der Waals surface area contributed by atoms with Crippen LogP contribution < -0.4 is 10.1 Å². The van der Waals surface area contributed by atoms with Gasteiger partial charge in [0.1, 0.15) is 0 Å². The van der Waals surface area contributed by atoms with Gasteiger partial charge in [-0.1, -0.05) is 35.9 Å². The van der Waals surface area contributed by atoms with E-state index in [-0.39, 0.29) is 11.2 Å². The molecule has 21 heavy (non-hydrogen) atoms. The smallest absolute Gasteiger partial charge is 0.168 e. The number of methoxy groups -OCH3 is 1. The number of hydrogen-bond acceptors (Lipinski definition) is 2. The van der Waals surface area contributed by atoms with Crippen LogP contribution in [0.25, 0.3) is 0 Å². The predicted molar refractivity (Wildman–Crippen MR) is 82.7 cm³/mol. The van der Waals surface area contributed by atoms with E-state index in [1.165, 1.54) is 7.11 Å². The van der Waals surface area contributed by atoms with E-state index < -0.39 is 0 Å². The molecule has 110 valence electrons. The van der Waals surface area contributed by atoms with Gasteiger partial charge in [-0.3, -0.25) is 0 Å². The molecule has 1 N–H and O–H groups in total. The van der Waals surface area contributed by atoms with Gasteiger partial charge >= 0.3 is 0 Å². The molecule has 1 heterocycles. The van der Waals surface area contributed by atoms with Crippen molar-refractivity contribution < 1.29 is 9.13 Å². The highest BCUT2D eigenvalue weighted by Crippen LogP contribution is 2.35. The van der Waals surface area contributed by atoms with Crippen molar-refractivity contribution in [2.24, 2.45) is 0 Å². The maximum absolute atomic E-state index is 14.4. The van der Waals surface area contributed by atoms with Crippen LogP contribution >= 0.6 is 11.6 Å². The van der Waals surface area contributed by atoms with Crippen LogP contribution in [0.1, 0.15) is 11.1 Å². The molecule has 0 unspecified atom stereocenters. The second-order valence-corrected chi connectivity index (χ2v) is 5.94. The highest BCUT2D eigenvalue weighted by atomic mass is 35.5. The summed E-state index contributed by atoms with van der Waals surface area (Å²) in [6.07, 6.45) is 0.628. The Balaban J connectivity index is 1.95. The van der Waals surface area contributed by atoms with Crippen LogP contribution in [0, 0.1) is 5.82 Å². The van der Waals surface area contributed by atoms with E-state index in [0.29, 0.717) is 22.8 Å². The first-order valence-corrected chi connectivity index (χ1v) is 7.31. The zero-order chi connectivity index (χ0) is 14.9. The lowest BCUT2D eigenvalue weighted by Gasteiger charge is -2.43. The molecule has 0 spiro atoms. The first-order chi connectivity index (χ1) is 10.1. The second-order valence-electron chi connectivity index (χ2n) is 5.50. The number of nitrogens with one attached hydrogen (secondary N) is 1. The van der Waals surface area contributed by atoms with E-state index in [4.69, 9.17) is 16.3 Å². The molecule has 0 bridgehead atoms. The molecule has 1 aliphatic heterocycles. The summed E-state index contributed by atoms with van der Waals surface area (Å²) in [5.74, 6) is 0.0225. The van der Waals surface area contributed by atoms with E-state index in [1.807, 2.05) is 30.3 Å². The molecule has 1 aliphatic rings. The van der Waals surface area contributed by atoms with E-state index >= 15 is 0 Å². The largest absolute Gasteiger partial charge is 0.494 e. The Bertz CT molecular complexity index is 655. The Hall–Kier alpha value is -1.58. The van der Waals surface area contributed by atoms with Crippen molar-refractivity contribution in [3.8, 4) is 5.75 Å². The van der Waals surface area contributed by atoms with E-state index in [1.54, 1.807) is 6.07 Å². The number of ether oxygens (including phenoxy) is 1. The van der Waals surface area contributed by atoms with Gasteiger partial charge < -0.3 is 10.1 Å². The van der Waals surface area contributed by atoms with Crippen LogP contribution in [0.2, 0.25) is 5.02 Å². The van der Waals surface area contributed by atoms with Gasteiger partial charge in [-0.15, -0.1) is 0 Å². The van der Waals surface area contributed by atoms with Crippen LogP contribution in [0.3, 0.4) is 0 Å².